The van der Waals surface area contributed by atoms with E-state index in [-0.39, 0.29) is 11.6 Å². The third-order valence-electron chi connectivity index (χ3n) is 5.15. The molecule has 2 aromatic heterocycles. The fraction of sp³-hybridized carbons (Fsp3) is 0.250. The molecule has 1 aliphatic rings. The largest absolute Gasteiger partial charge is 0.353 e. The second-order valence-corrected chi connectivity index (χ2v) is 6.92. The third kappa shape index (κ3) is 3.59. The molecule has 30 heavy (non-hydrogen) atoms. The first-order valence-corrected chi connectivity index (χ1v) is 9.40. The Balaban J connectivity index is 1.45. The van der Waals surface area contributed by atoms with Crippen molar-refractivity contribution in [3.63, 3.8) is 0 Å². The molecule has 1 fully saturated rings. The summed E-state index contributed by atoms with van der Waals surface area (Å²) in [6, 6.07) is 9.30. The first-order chi connectivity index (χ1) is 14.5. The zero-order valence-corrected chi connectivity index (χ0v) is 16.2. The number of pyridine rings is 1. The van der Waals surface area contributed by atoms with Gasteiger partial charge in [0.15, 0.2) is 0 Å². The van der Waals surface area contributed by atoms with Crippen LogP contribution in [0.5, 0.6) is 0 Å². The molecule has 0 saturated carbocycles. The van der Waals surface area contributed by atoms with E-state index in [9.17, 15) is 19.3 Å². The maximum Gasteiger partial charge on any atom is 0.287 e. The van der Waals surface area contributed by atoms with E-state index in [4.69, 9.17) is 0 Å². The van der Waals surface area contributed by atoms with Gasteiger partial charge in [0, 0.05) is 32.2 Å². The van der Waals surface area contributed by atoms with Crippen LogP contribution in [0.1, 0.15) is 16.1 Å². The number of amides is 1. The van der Waals surface area contributed by atoms with E-state index >= 15 is 0 Å². The monoisotopic (exact) mass is 410 g/mol. The maximum absolute atomic E-state index is 14.1. The highest BCUT2D eigenvalue weighted by Gasteiger charge is 2.26. The SMILES string of the molecule is Cc1c(C(=O)N2CCN(c3ccc([N+](=O)[O-])cn3)CC2)cnn1-c1ccccc1F. The van der Waals surface area contributed by atoms with Gasteiger partial charge in [-0.15, -0.1) is 0 Å². The second kappa shape index (κ2) is 7.90. The summed E-state index contributed by atoms with van der Waals surface area (Å²) in [6.45, 7) is 3.79. The van der Waals surface area contributed by atoms with Crippen LogP contribution >= 0.6 is 0 Å². The van der Waals surface area contributed by atoms with Crippen molar-refractivity contribution < 1.29 is 14.1 Å². The molecule has 1 aliphatic heterocycles. The molecule has 0 atom stereocenters. The van der Waals surface area contributed by atoms with Crippen molar-refractivity contribution in [3.05, 3.63) is 76.0 Å². The van der Waals surface area contributed by atoms with Gasteiger partial charge < -0.3 is 9.80 Å². The summed E-state index contributed by atoms with van der Waals surface area (Å²) in [5.41, 5.74) is 1.24. The summed E-state index contributed by atoms with van der Waals surface area (Å²) in [6.07, 6.45) is 2.70. The van der Waals surface area contributed by atoms with Gasteiger partial charge in [0.25, 0.3) is 11.6 Å². The van der Waals surface area contributed by atoms with Crippen LogP contribution in [0.15, 0.2) is 48.8 Å². The number of hydrogen-bond acceptors (Lipinski definition) is 6. The van der Waals surface area contributed by atoms with Gasteiger partial charge in [0.2, 0.25) is 0 Å². The highest BCUT2D eigenvalue weighted by Crippen LogP contribution is 2.21. The smallest absolute Gasteiger partial charge is 0.287 e. The van der Waals surface area contributed by atoms with Crippen molar-refractivity contribution in [2.75, 3.05) is 31.1 Å². The standard InChI is InChI=1S/C20H19FN6O3/c1-14-16(13-23-26(14)18-5-3-2-4-17(18)21)20(28)25-10-8-24(9-11-25)19-7-6-15(12-22-19)27(29)30/h2-7,12-13H,8-11H2,1H3. The molecule has 1 saturated heterocycles. The molecule has 154 valence electrons. The molecular weight excluding hydrogens is 391 g/mol. The summed E-state index contributed by atoms with van der Waals surface area (Å²) < 4.78 is 15.5. The number of benzene rings is 1. The number of rotatable bonds is 4. The van der Waals surface area contributed by atoms with Crippen LogP contribution in [-0.4, -0.2) is 56.7 Å². The number of carbonyl (C=O) groups excluding carboxylic acids is 1. The molecule has 0 aliphatic carbocycles. The summed E-state index contributed by atoms with van der Waals surface area (Å²) in [4.78, 5) is 31.1. The Labute approximate surface area is 171 Å². The molecule has 0 radical (unpaired) electrons. The minimum Gasteiger partial charge on any atom is -0.353 e. The van der Waals surface area contributed by atoms with Crippen LogP contribution in [0.25, 0.3) is 5.69 Å². The molecule has 4 rings (SSSR count). The second-order valence-electron chi connectivity index (χ2n) is 6.92. The minimum atomic E-state index is -0.489. The highest BCUT2D eigenvalue weighted by atomic mass is 19.1. The van der Waals surface area contributed by atoms with Gasteiger partial charge in [-0.1, -0.05) is 12.1 Å². The van der Waals surface area contributed by atoms with E-state index in [2.05, 4.69) is 10.1 Å². The number of hydrogen-bond donors (Lipinski definition) is 0. The first kappa shape index (κ1) is 19.5. The van der Waals surface area contributed by atoms with Gasteiger partial charge in [0.1, 0.15) is 23.5 Å². The van der Waals surface area contributed by atoms with E-state index < -0.39 is 10.7 Å². The predicted molar refractivity (Wildman–Crippen MR) is 107 cm³/mol. The Hall–Kier alpha value is -3.82. The lowest BCUT2D eigenvalue weighted by atomic mass is 10.2. The topological polar surface area (TPSA) is 97.4 Å². The predicted octanol–water partition coefficient (Wildman–Crippen LogP) is 2.59. The van der Waals surface area contributed by atoms with E-state index in [0.717, 1.165) is 0 Å². The van der Waals surface area contributed by atoms with Crippen LogP contribution in [-0.2, 0) is 0 Å². The Morgan fingerprint density at radius 3 is 2.47 bits per heavy atom. The molecule has 0 N–H and O–H groups in total. The number of aromatic nitrogens is 3. The molecule has 0 spiro atoms. The summed E-state index contributed by atoms with van der Waals surface area (Å²) in [5, 5.41) is 15.0. The van der Waals surface area contributed by atoms with Crippen LogP contribution in [0.4, 0.5) is 15.9 Å². The van der Waals surface area contributed by atoms with Crippen molar-refractivity contribution in [1.82, 2.24) is 19.7 Å². The molecule has 9 nitrogen and oxygen atoms in total. The summed E-state index contributed by atoms with van der Waals surface area (Å²) in [7, 11) is 0. The number of carbonyl (C=O) groups is 1. The Morgan fingerprint density at radius 1 is 1.10 bits per heavy atom. The number of piperazine rings is 1. The van der Waals surface area contributed by atoms with Gasteiger partial charge in [-0.3, -0.25) is 14.9 Å². The zero-order chi connectivity index (χ0) is 21.3. The quantitative estimate of drug-likeness (QED) is 0.484. The lowest BCUT2D eigenvalue weighted by Gasteiger charge is -2.35. The third-order valence-corrected chi connectivity index (χ3v) is 5.15. The molecule has 10 heteroatoms. The molecule has 0 unspecified atom stereocenters. The van der Waals surface area contributed by atoms with Crippen molar-refractivity contribution in [3.8, 4) is 5.69 Å². The van der Waals surface area contributed by atoms with Gasteiger partial charge in [-0.05, 0) is 25.1 Å². The zero-order valence-electron chi connectivity index (χ0n) is 16.2. The molecule has 3 heterocycles. The normalized spacial score (nSPS) is 14.1. The van der Waals surface area contributed by atoms with Crippen molar-refractivity contribution in [2.24, 2.45) is 0 Å². The highest BCUT2D eigenvalue weighted by molar-refractivity contribution is 5.95. The molecular formula is C20H19FN6O3. The average Bonchev–Trinajstić information content (AvgIpc) is 3.15. The first-order valence-electron chi connectivity index (χ1n) is 9.40. The average molecular weight is 410 g/mol. The molecule has 1 amide bonds. The lowest BCUT2D eigenvalue weighted by Crippen LogP contribution is -2.49. The number of nitrogens with zero attached hydrogens (tertiary/aromatic N) is 6. The van der Waals surface area contributed by atoms with Gasteiger partial charge in [0.05, 0.1) is 22.4 Å². The van der Waals surface area contributed by atoms with Gasteiger partial charge >= 0.3 is 0 Å². The fourth-order valence-electron chi connectivity index (χ4n) is 3.47. The summed E-state index contributed by atoms with van der Waals surface area (Å²) >= 11 is 0. The minimum absolute atomic E-state index is 0.0603. The summed E-state index contributed by atoms with van der Waals surface area (Å²) in [5.74, 6) is 0.0644. The number of para-hydroxylation sites is 1. The molecule has 3 aromatic rings. The number of anilines is 1. The van der Waals surface area contributed by atoms with Crippen LogP contribution < -0.4 is 4.90 Å². The number of nitro groups is 1. The Morgan fingerprint density at radius 2 is 1.83 bits per heavy atom. The van der Waals surface area contributed by atoms with E-state index in [1.165, 1.54) is 29.2 Å². The van der Waals surface area contributed by atoms with Crippen molar-refractivity contribution in [2.45, 2.75) is 6.92 Å². The fourth-order valence-corrected chi connectivity index (χ4v) is 3.47. The van der Waals surface area contributed by atoms with Crippen molar-refractivity contribution in [1.29, 1.82) is 0 Å². The van der Waals surface area contributed by atoms with Crippen LogP contribution in [0.2, 0.25) is 0 Å². The van der Waals surface area contributed by atoms with Gasteiger partial charge in [-0.2, -0.15) is 5.10 Å². The van der Waals surface area contributed by atoms with Crippen LogP contribution in [0.3, 0.4) is 0 Å². The lowest BCUT2D eigenvalue weighted by molar-refractivity contribution is -0.385. The molecule has 0 bridgehead atoms. The van der Waals surface area contributed by atoms with Crippen molar-refractivity contribution >= 4 is 17.4 Å². The Kier molecular flexibility index (Phi) is 5.13. The molecule has 1 aromatic carbocycles. The van der Waals surface area contributed by atoms with E-state index in [1.807, 2.05) is 4.90 Å². The van der Waals surface area contributed by atoms with Crippen LogP contribution in [0, 0.1) is 22.9 Å². The van der Waals surface area contributed by atoms with E-state index in [1.54, 1.807) is 36.1 Å². The van der Waals surface area contributed by atoms with Gasteiger partial charge in [-0.25, -0.2) is 14.1 Å². The van der Waals surface area contributed by atoms with E-state index in [0.29, 0.717) is 48.9 Å². The maximum atomic E-state index is 14.1. The number of halogens is 1. The Bertz CT molecular complexity index is 1090.